The van der Waals surface area contributed by atoms with E-state index in [0.717, 1.165) is 41.0 Å². The maximum atomic E-state index is 9.44. The molecule has 2 aliphatic rings. The van der Waals surface area contributed by atoms with Crippen molar-refractivity contribution >= 4 is 23.4 Å². The van der Waals surface area contributed by atoms with E-state index in [1.165, 1.54) is 19.4 Å². The van der Waals surface area contributed by atoms with Crippen molar-refractivity contribution in [1.29, 1.82) is 0 Å². The van der Waals surface area contributed by atoms with Gasteiger partial charge >= 0.3 is 0 Å². The zero-order valence-corrected chi connectivity index (χ0v) is 20.9. The molecule has 0 aliphatic carbocycles. The Balaban J connectivity index is 0.000000492. The Morgan fingerprint density at radius 1 is 0.941 bits per heavy atom. The number of carbonyl (C=O) groups is 1. The molecule has 3 aromatic carbocycles. The number of ether oxygens (including phenoxy) is 2. The average molecular weight is 479 g/mol. The molecule has 178 valence electrons. The lowest BCUT2D eigenvalue weighted by atomic mass is 9.82. The van der Waals surface area contributed by atoms with Crippen LogP contribution in [0.1, 0.15) is 44.4 Å². The van der Waals surface area contributed by atoms with Gasteiger partial charge in [0, 0.05) is 11.4 Å². The number of hydrogen-bond donors (Lipinski definition) is 1. The van der Waals surface area contributed by atoms with Gasteiger partial charge in [-0.05, 0) is 72.0 Å². The maximum Gasteiger partial charge on any atom is 0.283 e. The quantitative estimate of drug-likeness (QED) is 0.489. The third-order valence-corrected chi connectivity index (χ3v) is 5.63. The first kappa shape index (κ1) is 25.3. The topological polar surface area (TPSA) is 73.9 Å². The predicted octanol–water partition coefficient (Wildman–Crippen LogP) is 6.15. The molecule has 0 aromatic heterocycles. The molecule has 0 fully saturated rings. The van der Waals surface area contributed by atoms with E-state index in [-0.39, 0.29) is 11.8 Å². The molecule has 5 rings (SSSR count). The largest absolute Gasteiger partial charge is 0.493 e. The van der Waals surface area contributed by atoms with Crippen LogP contribution in [0.4, 0.5) is 0 Å². The molecule has 0 spiro atoms. The SMILES string of the molecule is CC.CC(C)=O.NC1=NC(c2cccc(-c3cccc(Cl)c3)c2)(c2ccc3c(c2)CCO3)CO1. The van der Waals surface area contributed by atoms with Gasteiger partial charge in [0.05, 0.1) is 6.61 Å². The van der Waals surface area contributed by atoms with Gasteiger partial charge in [0.1, 0.15) is 18.1 Å². The Bertz CT molecular complexity index is 1190. The standard InChI is InChI=1S/C23H19ClN2O2.C3H6O.C2H6/c24-20-6-2-4-16(13-20)15-3-1-5-18(11-15)23(14-28-22(25)26-23)19-7-8-21-17(12-19)9-10-27-21;1-3(2)4;1-2/h1-8,11-13H,9-10,14H2,(H2,25,26);1-2H3;1-2H3. The highest BCUT2D eigenvalue weighted by atomic mass is 35.5. The number of fused-ring (bicyclic) bond motifs is 1. The van der Waals surface area contributed by atoms with Crippen LogP contribution in [0.5, 0.6) is 5.75 Å². The highest BCUT2D eigenvalue weighted by Crippen LogP contribution is 2.41. The van der Waals surface area contributed by atoms with Crippen molar-refractivity contribution in [2.75, 3.05) is 13.2 Å². The van der Waals surface area contributed by atoms with Crippen LogP contribution in [-0.2, 0) is 21.5 Å². The molecule has 6 heteroatoms. The van der Waals surface area contributed by atoms with Gasteiger partial charge in [-0.2, -0.15) is 0 Å². The fourth-order valence-corrected chi connectivity index (χ4v) is 4.15. The summed E-state index contributed by atoms with van der Waals surface area (Å²) < 4.78 is 11.3. The summed E-state index contributed by atoms with van der Waals surface area (Å²) in [5.74, 6) is 1.11. The fourth-order valence-electron chi connectivity index (χ4n) is 3.96. The van der Waals surface area contributed by atoms with Crippen LogP contribution >= 0.6 is 11.6 Å². The molecule has 2 aliphatic heterocycles. The number of carbonyl (C=O) groups excluding carboxylic acids is 1. The summed E-state index contributed by atoms with van der Waals surface area (Å²) in [7, 11) is 0. The molecule has 2 N–H and O–H groups in total. The molecular formula is C28H31ClN2O3. The first-order valence-corrected chi connectivity index (χ1v) is 11.8. The number of nitrogens with two attached hydrogens (primary N) is 1. The molecule has 34 heavy (non-hydrogen) atoms. The monoisotopic (exact) mass is 478 g/mol. The van der Waals surface area contributed by atoms with Gasteiger partial charge in [-0.15, -0.1) is 0 Å². The van der Waals surface area contributed by atoms with Gasteiger partial charge in [0.2, 0.25) is 0 Å². The van der Waals surface area contributed by atoms with Crippen molar-refractivity contribution in [3.8, 4) is 16.9 Å². The van der Waals surface area contributed by atoms with Crippen LogP contribution in [0.25, 0.3) is 11.1 Å². The molecule has 0 bridgehead atoms. The number of aliphatic imine (C=N–C) groups is 1. The second-order valence-corrected chi connectivity index (χ2v) is 8.46. The van der Waals surface area contributed by atoms with Crippen molar-refractivity contribution in [3.05, 3.63) is 88.4 Å². The third-order valence-electron chi connectivity index (χ3n) is 5.40. The number of Topliss-reactive ketones (excluding diaryl/α,β-unsaturated/α-hetero) is 1. The third kappa shape index (κ3) is 5.60. The lowest BCUT2D eigenvalue weighted by Crippen LogP contribution is -2.27. The van der Waals surface area contributed by atoms with E-state index < -0.39 is 5.54 Å². The van der Waals surface area contributed by atoms with Crippen LogP contribution in [0.3, 0.4) is 0 Å². The summed E-state index contributed by atoms with van der Waals surface area (Å²) in [5.41, 5.74) is 10.7. The van der Waals surface area contributed by atoms with E-state index in [1.807, 2.05) is 50.2 Å². The van der Waals surface area contributed by atoms with Gasteiger partial charge in [0.15, 0.2) is 5.54 Å². The summed E-state index contributed by atoms with van der Waals surface area (Å²) >= 11 is 6.19. The number of rotatable bonds is 3. The second-order valence-electron chi connectivity index (χ2n) is 8.02. The first-order chi connectivity index (χ1) is 16.4. The minimum Gasteiger partial charge on any atom is -0.493 e. The minimum absolute atomic E-state index is 0.167. The summed E-state index contributed by atoms with van der Waals surface area (Å²) in [4.78, 5) is 14.2. The lowest BCUT2D eigenvalue weighted by Gasteiger charge is -2.26. The molecular weight excluding hydrogens is 448 g/mol. The maximum absolute atomic E-state index is 9.44. The van der Waals surface area contributed by atoms with Crippen molar-refractivity contribution in [2.24, 2.45) is 10.7 Å². The van der Waals surface area contributed by atoms with Crippen LogP contribution < -0.4 is 10.5 Å². The molecule has 3 aromatic rings. The van der Waals surface area contributed by atoms with Crippen LogP contribution in [0, 0.1) is 0 Å². The van der Waals surface area contributed by atoms with E-state index in [0.29, 0.717) is 11.6 Å². The number of hydrogen-bond acceptors (Lipinski definition) is 5. The highest BCUT2D eigenvalue weighted by molar-refractivity contribution is 6.30. The molecule has 1 atom stereocenters. The zero-order chi connectivity index (χ0) is 24.7. The van der Waals surface area contributed by atoms with Crippen LogP contribution in [0.2, 0.25) is 5.02 Å². The Kier molecular flexibility index (Phi) is 8.35. The smallest absolute Gasteiger partial charge is 0.283 e. The van der Waals surface area contributed by atoms with E-state index in [9.17, 15) is 4.79 Å². The summed E-state index contributed by atoms with van der Waals surface area (Å²) in [6, 6.07) is 22.6. The van der Waals surface area contributed by atoms with Gasteiger partial charge in [-0.25, -0.2) is 4.99 Å². The molecule has 0 amide bonds. The summed E-state index contributed by atoms with van der Waals surface area (Å²) in [6.45, 7) is 8.15. The number of nitrogens with zero attached hydrogens (tertiary/aromatic N) is 1. The number of amidine groups is 1. The van der Waals surface area contributed by atoms with Crippen molar-refractivity contribution in [2.45, 2.75) is 39.7 Å². The second kappa shape index (κ2) is 11.2. The lowest BCUT2D eigenvalue weighted by molar-refractivity contribution is -0.114. The van der Waals surface area contributed by atoms with Gasteiger partial charge in [0.25, 0.3) is 6.02 Å². The van der Waals surface area contributed by atoms with E-state index in [1.54, 1.807) is 0 Å². The van der Waals surface area contributed by atoms with Crippen molar-refractivity contribution in [1.82, 2.24) is 0 Å². The summed E-state index contributed by atoms with van der Waals surface area (Å²) in [6.07, 6.45) is 0.905. The number of benzene rings is 3. The van der Waals surface area contributed by atoms with Gasteiger partial charge in [-0.1, -0.05) is 61.8 Å². The van der Waals surface area contributed by atoms with Gasteiger partial charge in [-0.3, -0.25) is 0 Å². The predicted molar refractivity (Wildman–Crippen MR) is 139 cm³/mol. The fraction of sp³-hybridized carbons (Fsp3) is 0.286. The van der Waals surface area contributed by atoms with Crippen molar-refractivity contribution in [3.63, 3.8) is 0 Å². The van der Waals surface area contributed by atoms with Crippen molar-refractivity contribution < 1.29 is 14.3 Å². The number of halogens is 1. The Labute approximate surface area is 206 Å². The molecule has 2 heterocycles. The average Bonchev–Trinajstić information content (AvgIpc) is 3.47. The van der Waals surface area contributed by atoms with Gasteiger partial charge < -0.3 is 20.0 Å². The number of ketones is 1. The molecule has 5 nitrogen and oxygen atoms in total. The Morgan fingerprint density at radius 3 is 2.24 bits per heavy atom. The van der Waals surface area contributed by atoms with Crippen LogP contribution in [-0.4, -0.2) is 25.0 Å². The zero-order valence-electron chi connectivity index (χ0n) is 20.1. The van der Waals surface area contributed by atoms with E-state index >= 15 is 0 Å². The molecule has 0 saturated heterocycles. The van der Waals surface area contributed by atoms with E-state index in [2.05, 4.69) is 30.3 Å². The molecule has 1 unspecified atom stereocenters. The van der Waals surface area contributed by atoms with Crippen LogP contribution in [0.15, 0.2) is 71.7 Å². The summed E-state index contributed by atoms with van der Waals surface area (Å²) in [5, 5.41) is 0.711. The normalized spacial score (nSPS) is 17.6. The molecule has 0 radical (unpaired) electrons. The first-order valence-electron chi connectivity index (χ1n) is 11.5. The Morgan fingerprint density at radius 2 is 1.59 bits per heavy atom. The molecule has 0 saturated carbocycles. The Hall–Kier alpha value is -3.31. The minimum atomic E-state index is -0.670. The van der Waals surface area contributed by atoms with E-state index in [4.69, 9.17) is 31.8 Å². The highest BCUT2D eigenvalue weighted by Gasteiger charge is 2.40.